The fraction of sp³-hybridized carbons (Fsp3) is 0.400. The third-order valence-electron chi connectivity index (χ3n) is 2.04. The lowest BCUT2D eigenvalue weighted by Crippen LogP contribution is -2.04. The standard InChI is InChI=1S/C10H12O3S/c1-12-8-3-2-4-10(5-8)14(11)7-9-6-13-9/h2-5,9H,6-7H2,1H3. The third-order valence-corrected chi connectivity index (χ3v) is 3.50. The Morgan fingerprint density at radius 1 is 1.64 bits per heavy atom. The van der Waals surface area contributed by atoms with Crippen LogP contribution in [0.4, 0.5) is 0 Å². The van der Waals surface area contributed by atoms with Crippen LogP contribution in [0, 0.1) is 0 Å². The van der Waals surface area contributed by atoms with Gasteiger partial charge in [-0.3, -0.25) is 4.21 Å². The molecule has 1 aliphatic rings. The minimum absolute atomic E-state index is 0.196. The predicted octanol–water partition coefficient (Wildman–Crippen LogP) is 1.20. The predicted molar refractivity (Wildman–Crippen MR) is 54.0 cm³/mol. The van der Waals surface area contributed by atoms with E-state index in [2.05, 4.69) is 0 Å². The maximum Gasteiger partial charge on any atom is 0.120 e. The zero-order valence-corrected chi connectivity index (χ0v) is 8.75. The van der Waals surface area contributed by atoms with Crippen molar-refractivity contribution in [3.8, 4) is 5.75 Å². The maximum absolute atomic E-state index is 11.7. The lowest BCUT2D eigenvalue weighted by molar-refractivity contribution is 0.413. The summed E-state index contributed by atoms with van der Waals surface area (Å²) in [6, 6.07) is 7.34. The molecule has 0 saturated carbocycles. The highest BCUT2D eigenvalue weighted by Crippen LogP contribution is 2.19. The van der Waals surface area contributed by atoms with E-state index in [9.17, 15) is 4.21 Å². The van der Waals surface area contributed by atoms with Crippen molar-refractivity contribution in [1.82, 2.24) is 0 Å². The first kappa shape index (κ1) is 9.68. The third kappa shape index (κ3) is 2.33. The largest absolute Gasteiger partial charge is 0.497 e. The summed E-state index contributed by atoms with van der Waals surface area (Å²) >= 11 is 0. The molecule has 2 atom stereocenters. The topological polar surface area (TPSA) is 38.8 Å². The van der Waals surface area contributed by atoms with E-state index < -0.39 is 10.8 Å². The van der Waals surface area contributed by atoms with Gasteiger partial charge in [0, 0.05) is 4.90 Å². The molecule has 0 N–H and O–H groups in total. The summed E-state index contributed by atoms with van der Waals surface area (Å²) in [7, 11) is 0.635. The van der Waals surface area contributed by atoms with E-state index in [0.717, 1.165) is 17.3 Å². The number of methoxy groups -OCH3 is 1. The fourth-order valence-corrected chi connectivity index (χ4v) is 2.37. The van der Waals surface area contributed by atoms with Gasteiger partial charge in [-0.25, -0.2) is 0 Å². The van der Waals surface area contributed by atoms with Crippen LogP contribution in [0.1, 0.15) is 0 Å². The second kappa shape index (κ2) is 4.11. The van der Waals surface area contributed by atoms with Gasteiger partial charge in [-0.15, -0.1) is 0 Å². The Kier molecular flexibility index (Phi) is 2.84. The number of hydrogen-bond donors (Lipinski definition) is 0. The second-order valence-corrected chi connectivity index (χ2v) is 4.64. The van der Waals surface area contributed by atoms with Gasteiger partial charge in [-0.05, 0) is 18.2 Å². The minimum atomic E-state index is -0.968. The molecule has 2 unspecified atom stereocenters. The van der Waals surface area contributed by atoms with Crippen LogP contribution in [0.3, 0.4) is 0 Å². The first-order chi connectivity index (χ1) is 6.79. The van der Waals surface area contributed by atoms with Crippen LogP contribution in [0.15, 0.2) is 29.2 Å². The summed E-state index contributed by atoms with van der Waals surface area (Å²) in [5.41, 5.74) is 0. The van der Waals surface area contributed by atoms with Crippen molar-refractivity contribution in [3.05, 3.63) is 24.3 Å². The van der Waals surface area contributed by atoms with Gasteiger partial charge in [0.2, 0.25) is 0 Å². The number of rotatable bonds is 4. The SMILES string of the molecule is COc1cccc(S(=O)CC2CO2)c1. The average molecular weight is 212 g/mol. The van der Waals surface area contributed by atoms with Crippen molar-refractivity contribution in [2.24, 2.45) is 0 Å². The Morgan fingerprint density at radius 3 is 3.07 bits per heavy atom. The van der Waals surface area contributed by atoms with Gasteiger partial charge in [0.15, 0.2) is 0 Å². The van der Waals surface area contributed by atoms with Gasteiger partial charge in [-0.1, -0.05) is 6.07 Å². The molecule has 1 heterocycles. The number of hydrogen-bond acceptors (Lipinski definition) is 3. The summed E-state index contributed by atoms with van der Waals surface area (Å²) in [5.74, 6) is 1.33. The molecular formula is C10H12O3S. The van der Waals surface area contributed by atoms with Gasteiger partial charge in [0.1, 0.15) is 5.75 Å². The Bertz CT molecular complexity index is 347. The van der Waals surface area contributed by atoms with Crippen molar-refractivity contribution in [2.45, 2.75) is 11.0 Å². The van der Waals surface area contributed by atoms with Crippen LogP contribution in [0.25, 0.3) is 0 Å². The minimum Gasteiger partial charge on any atom is -0.497 e. The fourth-order valence-electron chi connectivity index (χ4n) is 1.17. The molecule has 3 nitrogen and oxygen atoms in total. The Hall–Kier alpha value is -0.870. The summed E-state index contributed by atoms with van der Waals surface area (Å²) in [6.07, 6.45) is 0.196. The highest BCUT2D eigenvalue weighted by molar-refractivity contribution is 7.85. The summed E-state index contributed by atoms with van der Waals surface area (Å²) in [4.78, 5) is 0.805. The molecule has 0 aromatic heterocycles. The smallest absolute Gasteiger partial charge is 0.120 e. The molecule has 1 aliphatic heterocycles. The van der Waals surface area contributed by atoms with Gasteiger partial charge < -0.3 is 9.47 Å². The second-order valence-electron chi connectivity index (χ2n) is 3.15. The lowest BCUT2D eigenvalue weighted by atomic mass is 10.3. The Morgan fingerprint density at radius 2 is 2.43 bits per heavy atom. The number of epoxide rings is 1. The van der Waals surface area contributed by atoms with Crippen LogP contribution >= 0.6 is 0 Å². The molecule has 14 heavy (non-hydrogen) atoms. The van der Waals surface area contributed by atoms with Crippen molar-refractivity contribution < 1.29 is 13.7 Å². The van der Waals surface area contributed by atoms with E-state index in [-0.39, 0.29) is 6.10 Å². The van der Waals surface area contributed by atoms with E-state index in [4.69, 9.17) is 9.47 Å². The van der Waals surface area contributed by atoms with Gasteiger partial charge in [0.05, 0.1) is 36.4 Å². The molecule has 1 saturated heterocycles. The van der Waals surface area contributed by atoms with Crippen LogP contribution < -0.4 is 4.74 Å². The quantitative estimate of drug-likeness (QED) is 0.704. The van der Waals surface area contributed by atoms with Crippen molar-refractivity contribution in [1.29, 1.82) is 0 Å². The molecule has 0 aliphatic carbocycles. The first-order valence-electron chi connectivity index (χ1n) is 4.43. The van der Waals surface area contributed by atoms with E-state index in [0.29, 0.717) is 5.75 Å². The maximum atomic E-state index is 11.7. The van der Waals surface area contributed by atoms with Gasteiger partial charge in [0.25, 0.3) is 0 Å². The van der Waals surface area contributed by atoms with Crippen LogP contribution in [0.5, 0.6) is 5.75 Å². The van der Waals surface area contributed by atoms with E-state index in [1.165, 1.54) is 0 Å². The van der Waals surface area contributed by atoms with E-state index >= 15 is 0 Å². The van der Waals surface area contributed by atoms with E-state index in [1.807, 2.05) is 18.2 Å². The molecule has 1 fully saturated rings. The average Bonchev–Trinajstić information content (AvgIpc) is 3.02. The van der Waals surface area contributed by atoms with Gasteiger partial charge in [-0.2, -0.15) is 0 Å². The Balaban J connectivity index is 2.09. The normalized spacial score (nSPS) is 21.6. The molecule has 4 heteroatoms. The lowest BCUT2D eigenvalue weighted by Gasteiger charge is -2.03. The van der Waals surface area contributed by atoms with Gasteiger partial charge >= 0.3 is 0 Å². The van der Waals surface area contributed by atoms with Crippen LogP contribution in [-0.4, -0.2) is 29.8 Å². The molecular weight excluding hydrogens is 200 g/mol. The number of ether oxygens (including phenoxy) is 2. The first-order valence-corrected chi connectivity index (χ1v) is 5.75. The monoisotopic (exact) mass is 212 g/mol. The Labute approximate surface area is 85.5 Å². The van der Waals surface area contributed by atoms with Crippen LogP contribution in [0.2, 0.25) is 0 Å². The van der Waals surface area contributed by atoms with E-state index in [1.54, 1.807) is 13.2 Å². The molecule has 1 aromatic carbocycles. The molecule has 0 amide bonds. The molecule has 1 aromatic rings. The molecule has 0 radical (unpaired) electrons. The zero-order chi connectivity index (χ0) is 9.97. The molecule has 0 spiro atoms. The molecule has 2 rings (SSSR count). The highest BCUT2D eigenvalue weighted by Gasteiger charge is 2.25. The summed E-state index contributed by atoms with van der Waals surface area (Å²) in [6.45, 7) is 0.746. The number of benzene rings is 1. The molecule has 76 valence electrons. The van der Waals surface area contributed by atoms with Crippen molar-refractivity contribution >= 4 is 10.8 Å². The highest BCUT2D eigenvalue weighted by atomic mass is 32.2. The summed E-state index contributed by atoms with van der Waals surface area (Å²) < 4.78 is 21.8. The van der Waals surface area contributed by atoms with Crippen LogP contribution in [-0.2, 0) is 15.5 Å². The zero-order valence-electron chi connectivity index (χ0n) is 7.93. The molecule has 0 bridgehead atoms. The van der Waals surface area contributed by atoms with Crippen molar-refractivity contribution in [3.63, 3.8) is 0 Å². The summed E-state index contributed by atoms with van der Waals surface area (Å²) in [5, 5.41) is 0. The van der Waals surface area contributed by atoms with Crippen molar-refractivity contribution in [2.75, 3.05) is 19.5 Å².